The molecular formula is C36H47N3O3. The van der Waals surface area contributed by atoms with Gasteiger partial charge in [0.2, 0.25) is 0 Å². The summed E-state index contributed by atoms with van der Waals surface area (Å²) in [6.07, 6.45) is 6.35. The average molecular weight is 570 g/mol. The molecule has 224 valence electrons. The molecule has 1 aliphatic carbocycles. The van der Waals surface area contributed by atoms with E-state index in [4.69, 9.17) is 9.47 Å². The Labute approximate surface area is 251 Å². The third kappa shape index (κ3) is 7.59. The standard InChI is InChI=1S/C36H47N3O3/c1-5-41-35(40)33-18-17-30-31(10-8-11-32(30)38-33)37-22-19-29-9-6-7-12-34(29)42-25-26-13-15-27(16-14-26)28-20-23-39(24-21-28)36(2,3)4/h6-7,9,12-18,28,31,37H,5,8,10-11,19-25H2,1-4H3. The van der Waals surface area contributed by atoms with Crippen LogP contribution in [0, 0.1) is 0 Å². The molecule has 1 aromatic heterocycles. The second-order valence-electron chi connectivity index (χ2n) is 12.7. The summed E-state index contributed by atoms with van der Waals surface area (Å²) in [5.74, 6) is 1.25. The topological polar surface area (TPSA) is 63.7 Å². The van der Waals surface area contributed by atoms with Gasteiger partial charge in [0.15, 0.2) is 0 Å². The van der Waals surface area contributed by atoms with E-state index < -0.39 is 0 Å². The molecule has 2 heterocycles. The summed E-state index contributed by atoms with van der Waals surface area (Å²) in [6, 6.07) is 21.5. The lowest BCUT2D eigenvalue weighted by Crippen LogP contribution is -2.45. The summed E-state index contributed by atoms with van der Waals surface area (Å²) in [5.41, 5.74) is 6.73. The Morgan fingerprint density at radius 1 is 1.00 bits per heavy atom. The Bertz CT molecular complexity index is 1320. The predicted octanol–water partition coefficient (Wildman–Crippen LogP) is 7.02. The summed E-state index contributed by atoms with van der Waals surface area (Å²) in [6.45, 7) is 12.9. The third-order valence-corrected chi connectivity index (χ3v) is 8.82. The SMILES string of the molecule is CCOC(=O)c1ccc2c(n1)CCCC2NCCc1ccccc1OCc1ccc(C2CCN(C(C)(C)C)CC2)cc1. The van der Waals surface area contributed by atoms with Crippen LogP contribution < -0.4 is 10.1 Å². The first-order chi connectivity index (χ1) is 20.3. The monoisotopic (exact) mass is 569 g/mol. The van der Waals surface area contributed by atoms with E-state index in [1.54, 1.807) is 6.07 Å². The highest BCUT2D eigenvalue weighted by atomic mass is 16.5. The highest BCUT2D eigenvalue weighted by molar-refractivity contribution is 5.87. The number of hydrogen-bond donors (Lipinski definition) is 1. The number of likely N-dealkylation sites (tertiary alicyclic amines) is 1. The Hall–Kier alpha value is -3.22. The molecule has 2 aromatic carbocycles. The van der Waals surface area contributed by atoms with Gasteiger partial charge in [0, 0.05) is 17.3 Å². The van der Waals surface area contributed by atoms with E-state index in [1.807, 2.05) is 19.1 Å². The average Bonchev–Trinajstić information content (AvgIpc) is 3.00. The normalized spacial score (nSPS) is 18.0. The molecule has 0 amide bonds. The van der Waals surface area contributed by atoms with Gasteiger partial charge in [-0.25, -0.2) is 9.78 Å². The lowest BCUT2D eigenvalue weighted by atomic mass is 9.87. The Morgan fingerprint density at radius 2 is 1.76 bits per heavy atom. The zero-order valence-corrected chi connectivity index (χ0v) is 25.8. The van der Waals surface area contributed by atoms with Crippen LogP contribution in [0.3, 0.4) is 0 Å². The Balaban J connectivity index is 1.12. The van der Waals surface area contributed by atoms with Crippen LogP contribution in [0.2, 0.25) is 0 Å². The number of nitrogens with zero attached hydrogens (tertiary/aromatic N) is 2. The molecule has 0 spiro atoms. The van der Waals surface area contributed by atoms with Crippen LogP contribution >= 0.6 is 0 Å². The number of rotatable bonds is 10. The second-order valence-corrected chi connectivity index (χ2v) is 12.7. The molecule has 1 aliphatic heterocycles. The maximum absolute atomic E-state index is 12.1. The van der Waals surface area contributed by atoms with E-state index in [0.717, 1.165) is 43.7 Å². The van der Waals surface area contributed by atoms with E-state index in [2.05, 4.69) is 78.4 Å². The number of ether oxygens (including phenoxy) is 2. The van der Waals surface area contributed by atoms with Crippen LogP contribution in [0.15, 0.2) is 60.7 Å². The molecule has 0 saturated carbocycles. The number of para-hydroxylation sites is 1. The number of carbonyl (C=O) groups is 1. The van der Waals surface area contributed by atoms with Gasteiger partial charge in [-0.15, -0.1) is 0 Å². The number of piperidine rings is 1. The molecular weight excluding hydrogens is 522 g/mol. The van der Waals surface area contributed by atoms with Gasteiger partial charge >= 0.3 is 5.97 Å². The van der Waals surface area contributed by atoms with Crippen LogP contribution in [0.1, 0.15) is 104 Å². The van der Waals surface area contributed by atoms with Crippen molar-refractivity contribution in [3.8, 4) is 5.75 Å². The van der Waals surface area contributed by atoms with E-state index in [-0.39, 0.29) is 17.6 Å². The quantitative estimate of drug-likeness (QED) is 0.265. The van der Waals surface area contributed by atoms with Gasteiger partial charge in [-0.05, 0) is 126 Å². The van der Waals surface area contributed by atoms with Gasteiger partial charge in [0.1, 0.15) is 18.1 Å². The van der Waals surface area contributed by atoms with E-state index in [1.165, 1.54) is 48.2 Å². The maximum Gasteiger partial charge on any atom is 0.356 e. The smallest absolute Gasteiger partial charge is 0.356 e. The minimum Gasteiger partial charge on any atom is -0.489 e. The van der Waals surface area contributed by atoms with Gasteiger partial charge in [-0.3, -0.25) is 4.90 Å². The largest absolute Gasteiger partial charge is 0.489 e. The number of benzene rings is 2. The van der Waals surface area contributed by atoms with Crippen molar-refractivity contribution in [1.29, 1.82) is 0 Å². The Morgan fingerprint density at radius 3 is 2.50 bits per heavy atom. The number of esters is 1. The minimum atomic E-state index is -0.347. The van der Waals surface area contributed by atoms with E-state index >= 15 is 0 Å². The van der Waals surface area contributed by atoms with Crippen molar-refractivity contribution >= 4 is 5.97 Å². The van der Waals surface area contributed by atoms with Crippen molar-refractivity contribution < 1.29 is 14.3 Å². The van der Waals surface area contributed by atoms with Crippen molar-refractivity contribution in [3.63, 3.8) is 0 Å². The summed E-state index contributed by atoms with van der Waals surface area (Å²) in [5, 5.41) is 3.73. The molecule has 1 fully saturated rings. The van der Waals surface area contributed by atoms with Crippen molar-refractivity contribution in [2.45, 2.75) is 90.3 Å². The molecule has 5 rings (SSSR count). The molecule has 0 bridgehead atoms. The number of pyridine rings is 1. The van der Waals surface area contributed by atoms with Crippen molar-refractivity contribution in [3.05, 3.63) is 94.3 Å². The summed E-state index contributed by atoms with van der Waals surface area (Å²) in [4.78, 5) is 19.3. The lowest BCUT2D eigenvalue weighted by molar-refractivity contribution is 0.0519. The van der Waals surface area contributed by atoms with Crippen LogP contribution in [0.25, 0.3) is 0 Å². The molecule has 1 unspecified atom stereocenters. The summed E-state index contributed by atoms with van der Waals surface area (Å²) >= 11 is 0. The summed E-state index contributed by atoms with van der Waals surface area (Å²) < 4.78 is 11.5. The molecule has 6 nitrogen and oxygen atoms in total. The number of hydrogen-bond acceptors (Lipinski definition) is 6. The first kappa shape index (κ1) is 30.2. The molecule has 2 aliphatic rings. The van der Waals surface area contributed by atoms with Gasteiger partial charge in [0.25, 0.3) is 0 Å². The fraction of sp³-hybridized carbons (Fsp3) is 0.500. The van der Waals surface area contributed by atoms with Gasteiger partial charge < -0.3 is 14.8 Å². The fourth-order valence-electron chi connectivity index (χ4n) is 6.35. The minimum absolute atomic E-state index is 0.241. The molecule has 0 radical (unpaired) electrons. The van der Waals surface area contributed by atoms with Gasteiger partial charge in [-0.2, -0.15) is 0 Å². The third-order valence-electron chi connectivity index (χ3n) is 8.82. The first-order valence-corrected chi connectivity index (χ1v) is 15.8. The predicted molar refractivity (Wildman–Crippen MR) is 168 cm³/mol. The lowest BCUT2D eigenvalue weighted by Gasteiger charge is -2.41. The van der Waals surface area contributed by atoms with Crippen LogP contribution in [0.5, 0.6) is 5.75 Å². The molecule has 6 heteroatoms. The van der Waals surface area contributed by atoms with Crippen molar-refractivity contribution in [2.75, 3.05) is 26.2 Å². The second kappa shape index (κ2) is 13.8. The molecule has 1 N–H and O–H groups in total. The number of nitrogens with one attached hydrogen (secondary N) is 1. The zero-order chi connectivity index (χ0) is 29.5. The maximum atomic E-state index is 12.1. The molecule has 1 saturated heterocycles. The highest BCUT2D eigenvalue weighted by Crippen LogP contribution is 2.32. The highest BCUT2D eigenvalue weighted by Gasteiger charge is 2.27. The van der Waals surface area contributed by atoms with E-state index in [9.17, 15) is 4.79 Å². The van der Waals surface area contributed by atoms with Crippen molar-refractivity contribution in [2.24, 2.45) is 0 Å². The number of carbonyl (C=O) groups excluding carboxylic acids is 1. The van der Waals surface area contributed by atoms with Crippen LogP contribution in [-0.4, -0.2) is 47.6 Å². The van der Waals surface area contributed by atoms with Crippen LogP contribution in [0.4, 0.5) is 0 Å². The number of fused-ring (bicyclic) bond motifs is 1. The van der Waals surface area contributed by atoms with Crippen LogP contribution in [-0.2, 0) is 24.2 Å². The molecule has 1 atom stereocenters. The Kier molecular flexibility index (Phi) is 9.96. The first-order valence-electron chi connectivity index (χ1n) is 15.8. The molecule has 42 heavy (non-hydrogen) atoms. The van der Waals surface area contributed by atoms with E-state index in [0.29, 0.717) is 24.8 Å². The molecule has 3 aromatic rings. The summed E-state index contributed by atoms with van der Waals surface area (Å²) in [7, 11) is 0. The fourth-order valence-corrected chi connectivity index (χ4v) is 6.35. The number of aromatic nitrogens is 1. The van der Waals surface area contributed by atoms with Gasteiger partial charge in [-0.1, -0.05) is 48.5 Å². The van der Waals surface area contributed by atoms with Gasteiger partial charge in [0.05, 0.1) is 6.61 Å². The van der Waals surface area contributed by atoms with Crippen molar-refractivity contribution in [1.82, 2.24) is 15.2 Å². The zero-order valence-electron chi connectivity index (χ0n) is 25.8. The number of aryl methyl sites for hydroxylation is 1.